The van der Waals surface area contributed by atoms with Crippen LogP contribution in [0.1, 0.15) is 24.1 Å². The molecular weight excluding hydrogens is 347 g/mol. The number of carbonyl (C=O) groups excluding carboxylic acids is 1. The Hall–Kier alpha value is -2.51. The number of piperidine rings is 1. The number of ether oxygens (including phenoxy) is 1. The number of nitrogens with one attached hydrogen (secondary N) is 1. The molecule has 3 rings (SSSR count). The third kappa shape index (κ3) is 5.02. The van der Waals surface area contributed by atoms with Crippen molar-refractivity contribution in [3.8, 4) is 0 Å². The standard InChI is InChI=1S/C20H25FN4O2/c1-15-3-5-17(12-22-15)23-25(14-26)20-11-16(4-6-19(20)21)13-24-9-7-18(27-2)8-10-24/h3-6,11-12,14,18,23H,7-10,13H2,1-2H3. The van der Waals surface area contributed by atoms with E-state index in [1.807, 2.05) is 13.0 Å². The fourth-order valence-corrected chi connectivity index (χ4v) is 3.22. The molecule has 0 unspecified atom stereocenters. The van der Waals surface area contributed by atoms with Crippen molar-refractivity contribution in [3.63, 3.8) is 0 Å². The smallest absolute Gasteiger partial charge is 0.232 e. The highest BCUT2D eigenvalue weighted by Crippen LogP contribution is 2.23. The third-order valence-electron chi connectivity index (χ3n) is 4.81. The average molecular weight is 372 g/mol. The van der Waals surface area contributed by atoms with Gasteiger partial charge in [0.1, 0.15) is 11.5 Å². The molecular formula is C20H25FN4O2. The monoisotopic (exact) mass is 372 g/mol. The molecule has 1 fully saturated rings. The molecule has 0 spiro atoms. The van der Waals surface area contributed by atoms with Gasteiger partial charge in [-0.2, -0.15) is 0 Å². The topological polar surface area (TPSA) is 57.7 Å². The largest absolute Gasteiger partial charge is 0.381 e. The normalized spacial score (nSPS) is 15.5. The Balaban J connectivity index is 1.71. The van der Waals surface area contributed by atoms with Gasteiger partial charge in [0.2, 0.25) is 6.41 Å². The highest BCUT2D eigenvalue weighted by atomic mass is 19.1. The molecule has 1 aromatic heterocycles. The number of rotatable bonds is 7. The van der Waals surface area contributed by atoms with Crippen molar-refractivity contribution in [1.82, 2.24) is 9.88 Å². The van der Waals surface area contributed by atoms with E-state index >= 15 is 0 Å². The Morgan fingerprint density at radius 2 is 2.11 bits per heavy atom. The van der Waals surface area contributed by atoms with Gasteiger partial charge < -0.3 is 4.74 Å². The summed E-state index contributed by atoms with van der Waals surface area (Å²) in [5.74, 6) is -0.462. The fourth-order valence-electron chi connectivity index (χ4n) is 3.22. The minimum Gasteiger partial charge on any atom is -0.381 e. The molecule has 2 aromatic rings. The van der Waals surface area contributed by atoms with Gasteiger partial charge in [-0.1, -0.05) is 6.07 Å². The van der Waals surface area contributed by atoms with Crippen molar-refractivity contribution in [2.75, 3.05) is 30.6 Å². The van der Waals surface area contributed by atoms with E-state index in [-0.39, 0.29) is 5.69 Å². The summed E-state index contributed by atoms with van der Waals surface area (Å²) in [5.41, 5.74) is 5.51. The number of carbonyl (C=O) groups is 1. The number of nitrogens with zero attached hydrogens (tertiary/aromatic N) is 3. The number of halogens is 1. The van der Waals surface area contributed by atoms with E-state index in [0.717, 1.165) is 42.2 Å². The second kappa shape index (κ2) is 8.92. The van der Waals surface area contributed by atoms with Crippen LogP contribution in [0.25, 0.3) is 0 Å². The van der Waals surface area contributed by atoms with E-state index in [9.17, 15) is 9.18 Å². The van der Waals surface area contributed by atoms with E-state index in [1.54, 1.807) is 31.5 Å². The van der Waals surface area contributed by atoms with Crippen molar-refractivity contribution in [2.45, 2.75) is 32.4 Å². The molecule has 1 saturated heterocycles. The van der Waals surface area contributed by atoms with Crippen LogP contribution in [0.4, 0.5) is 15.8 Å². The lowest BCUT2D eigenvalue weighted by Gasteiger charge is -2.31. The maximum atomic E-state index is 14.4. The minimum atomic E-state index is -0.462. The molecule has 0 saturated carbocycles. The first kappa shape index (κ1) is 19.3. The first-order valence-corrected chi connectivity index (χ1v) is 9.06. The second-order valence-corrected chi connectivity index (χ2v) is 6.77. The summed E-state index contributed by atoms with van der Waals surface area (Å²) in [6.45, 7) is 4.47. The molecule has 7 heteroatoms. The molecule has 27 heavy (non-hydrogen) atoms. The number of benzene rings is 1. The lowest BCUT2D eigenvalue weighted by Crippen LogP contribution is -2.36. The first-order valence-electron chi connectivity index (χ1n) is 9.06. The highest BCUT2D eigenvalue weighted by molar-refractivity contribution is 5.79. The summed E-state index contributed by atoms with van der Waals surface area (Å²) in [7, 11) is 1.75. The number of hydrazine groups is 1. The van der Waals surface area contributed by atoms with Crippen LogP contribution in [-0.2, 0) is 16.1 Å². The van der Waals surface area contributed by atoms with E-state index < -0.39 is 5.82 Å². The van der Waals surface area contributed by atoms with Gasteiger partial charge in [-0.25, -0.2) is 9.40 Å². The Kier molecular flexibility index (Phi) is 6.36. The predicted octanol–water partition coefficient (Wildman–Crippen LogP) is 3.13. The van der Waals surface area contributed by atoms with Crippen LogP contribution in [0, 0.1) is 12.7 Å². The lowest BCUT2D eigenvalue weighted by molar-refractivity contribution is -0.107. The average Bonchev–Trinajstić information content (AvgIpc) is 2.70. The van der Waals surface area contributed by atoms with E-state index in [1.165, 1.54) is 6.07 Å². The van der Waals surface area contributed by atoms with Gasteiger partial charge in [-0.05, 0) is 49.6 Å². The highest BCUT2D eigenvalue weighted by Gasteiger charge is 2.19. The molecule has 144 valence electrons. The number of aryl methyl sites for hydroxylation is 1. The van der Waals surface area contributed by atoms with Gasteiger partial charge in [-0.15, -0.1) is 0 Å². The Labute approximate surface area is 158 Å². The molecule has 6 nitrogen and oxygen atoms in total. The molecule has 1 aromatic carbocycles. The molecule has 1 amide bonds. The summed E-state index contributed by atoms with van der Waals surface area (Å²) in [6, 6.07) is 8.48. The van der Waals surface area contributed by atoms with E-state index in [0.29, 0.717) is 24.7 Å². The van der Waals surface area contributed by atoms with Crippen LogP contribution in [-0.4, -0.2) is 42.6 Å². The van der Waals surface area contributed by atoms with Crippen LogP contribution in [0.2, 0.25) is 0 Å². The molecule has 0 aliphatic carbocycles. The predicted molar refractivity (Wildman–Crippen MR) is 103 cm³/mol. The van der Waals surface area contributed by atoms with Gasteiger partial charge in [0.05, 0.1) is 18.0 Å². The second-order valence-electron chi connectivity index (χ2n) is 6.77. The maximum Gasteiger partial charge on any atom is 0.232 e. The molecule has 1 aliphatic rings. The number of amides is 1. The number of anilines is 2. The zero-order valence-electron chi connectivity index (χ0n) is 15.7. The first-order chi connectivity index (χ1) is 13.1. The van der Waals surface area contributed by atoms with E-state index in [2.05, 4.69) is 15.3 Å². The number of likely N-dealkylation sites (tertiary alicyclic amines) is 1. The molecule has 0 atom stereocenters. The van der Waals surface area contributed by atoms with Crippen molar-refractivity contribution in [3.05, 3.63) is 53.6 Å². The van der Waals surface area contributed by atoms with Crippen LogP contribution < -0.4 is 10.4 Å². The summed E-state index contributed by atoms with van der Waals surface area (Å²) >= 11 is 0. The van der Waals surface area contributed by atoms with Gasteiger partial charge in [0, 0.05) is 32.4 Å². The van der Waals surface area contributed by atoms with Crippen LogP contribution in [0.5, 0.6) is 0 Å². The molecule has 1 aliphatic heterocycles. The fraction of sp³-hybridized carbons (Fsp3) is 0.400. The van der Waals surface area contributed by atoms with E-state index in [4.69, 9.17) is 4.74 Å². The lowest BCUT2D eigenvalue weighted by atomic mass is 10.1. The number of hydrogen-bond donors (Lipinski definition) is 1. The van der Waals surface area contributed by atoms with Crippen molar-refractivity contribution >= 4 is 17.8 Å². The Bertz CT molecular complexity index is 761. The van der Waals surface area contributed by atoms with Crippen molar-refractivity contribution in [2.24, 2.45) is 0 Å². The quantitative estimate of drug-likeness (QED) is 0.598. The molecule has 2 heterocycles. The maximum absolute atomic E-state index is 14.4. The van der Waals surface area contributed by atoms with Gasteiger partial charge >= 0.3 is 0 Å². The summed E-state index contributed by atoms with van der Waals surface area (Å²) < 4.78 is 19.8. The SMILES string of the molecule is COC1CCN(Cc2ccc(F)c(N(C=O)Nc3ccc(C)nc3)c2)CC1. The summed E-state index contributed by atoms with van der Waals surface area (Å²) in [6.07, 6.45) is 4.47. The van der Waals surface area contributed by atoms with Gasteiger partial charge in [-0.3, -0.25) is 20.1 Å². The van der Waals surface area contributed by atoms with Gasteiger partial charge in [0.25, 0.3) is 0 Å². The summed E-state index contributed by atoms with van der Waals surface area (Å²) in [4.78, 5) is 18.0. The molecule has 0 radical (unpaired) electrons. The number of hydrogen-bond acceptors (Lipinski definition) is 5. The summed E-state index contributed by atoms with van der Waals surface area (Å²) in [5, 5.41) is 1.14. The minimum absolute atomic E-state index is 0.190. The molecule has 0 bridgehead atoms. The Morgan fingerprint density at radius 1 is 1.33 bits per heavy atom. The number of methoxy groups -OCH3 is 1. The number of pyridine rings is 1. The number of aromatic nitrogens is 1. The van der Waals surface area contributed by atoms with Crippen LogP contribution in [0.3, 0.4) is 0 Å². The Morgan fingerprint density at radius 3 is 2.74 bits per heavy atom. The zero-order chi connectivity index (χ0) is 19.2. The van der Waals surface area contributed by atoms with Crippen LogP contribution in [0.15, 0.2) is 36.5 Å². The molecule has 1 N–H and O–H groups in total. The van der Waals surface area contributed by atoms with Crippen LogP contribution >= 0.6 is 0 Å². The third-order valence-corrected chi connectivity index (χ3v) is 4.81. The van der Waals surface area contributed by atoms with Gasteiger partial charge in [0.15, 0.2) is 0 Å². The van der Waals surface area contributed by atoms with Crippen molar-refractivity contribution < 1.29 is 13.9 Å². The van der Waals surface area contributed by atoms with Crippen molar-refractivity contribution in [1.29, 1.82) is 0 Å². The zero-order valence-corrected chi connectivity index (χ0v) is 15.7.